The first kappa shape index (κ1) is 14.0. The van der Waals surface area contributed by atoms with Gasteiger partial charge in [0.05, 0.1) is 10.5 Å². The molecule has 3 rings (SSSR count). The largest absolute Gasteiger partial charge is 0.280 e. The average Bonchev–Trinajstić information content (AvgIpc) is 2.55. The maximum Gasteiger partial charge on any atom is 0.280 e. The lowest BCUT2D eigenvalue weighted by Gasteiger charge is -2.07. The van der Waals surface area contributed by atoms with E-state index in [9.17, 15) is 10.1 Å². The Morgan fingerprint density at radius 2 is 1.32 bits per heavy atom. The van der Waals surface area contributed by atoms with Crippen LogP contribution in [0, 0.1) is 17.0 Å². The van der Waals surface area contributed by atoms with Crippen LogP contribution in [0.1, 0.15) is 5.56 Å². The fraction of sp³-hybridized carbons (Fsp3) is 0.0526. The SMILES string of the molecule is Cc1cccc(-c2ccc(-c3ccccc3)cc2)c1[N+](=O)[O-]. The molecule has 0 N–H and O–H groups in total. The molecule has 0 radical (unpaired) electrons. The molecule has 3 heteroatoms. The first-order valence-corrected chi connectivity index (χ1v) is 7.06. The summed E-state index contributed by atoms with van der Waals surface area (Å²) in [6, 6.07) is 23.3. The molecule has 0 amide bonds. The summed E-state index contributed by atoms with van der Waals surface area (Å²) in [4.78, 5) is 11.0. The van der Waals surface area contributed by atoms with E-state index < -0.39 is 0 Å². The molecule has 0 unspecified atom stereocenters. The topological polar surface area (TPSA) is 43.1 Å². The van der Waals surface area contributed by atoms with Crippen LogP contribution in [0.5, 0.6) is 0 Å². The lowest BCUT2D eigenvalue weighted by molar-refractivity contribution is -0.384. The summed E-state index contributed by atoms with van der Waals surface area (Å²) in [5.41, 5.74) is 4.59. The second kappa shape index (κ2) is 5.82. The van der Waals surface area contributed by atoms with E-state index in [0.29, 0.717) is 11.1 Å². The van der Waals surface area contributed by atoms with Gasteiger partial charge in [-0.3, -0.25) is 10.1 Å². The molecule has 0 aliphatic heterocycles. The number of rotatable bonds is 3. The van der Waals surface area contributed by atoms with E-state index in [1.807, 2.05) is 60.7 Å². The molecule has 0 aromatic heterocycles. The first-order chi connectivity index (χ1) is 10.7. The fourth-order valence-corrected chi connectivity index (χ4v) is 2.61. The van der Waals surface area contributed by atoms with Crippen LogP contribution in [-0.2, 0) is 0 Å². The third-order valence-electron chi connectivity index (χ3n) is 3.72. The van der Waals surface area contributed by atoms with Gasteiger partial charge in [0, 0.05) is 5.56 Å². The Morgan fingerprint density at radius 3 is 1.95 bits per heavy atom. The van der Waals surface area contributed by atoms with E-state index >= 15 is 0 Å². The number of nitro benzene ring substituents is 1. The van der Waals surface area contributed by atoms with Crippen LogP contribution in [0.2, 0.25) is 0 Å². The molecule has 3 aromatic rings. The van der Waals surface area contributed by atoms with Crippen molar-refractivity contribution in [2.75, 3.05) is 0 Å². The van der Waals surface area contributed by atoms with Gasteiger partial charge in [-0.1, -0.05) is 66.7 Å². The van der Waals surface area contributed by atoms with E-state index in [2.05, 4.69) is 0 Å². The predicted octanol–water partition coefficient (Wildman–Crippen LogP) is 5.24. The van der Waals surface area contributed by atoms with E-state index in [1.54, 1.807) is 19.1 Å². The molecule has 0 aliphatic carbocycles. The molecule has 0 atom stereocenters. The highest BCUT2D eigenvalue weighted by Crippen LogP contribution is 2.33. The van der Waals surface area contributed by atoms with Crippen LogP contribution in [0.15, 0.2) is 72.8 Å². The van der Waals surface area contributed by atoms with Crippen LogP contribution in [0.25, 0.3) is 22.3 Å². The smallest absolute Gasteiger partial charge is 0.258 e. The van der Waals surface area contributed by atoms with Crippen molar-refractivity contribution in [2.45, 2.75) is 6.92 Å². The van der Waals surface area contributed by atoms with Gasteiger partial charge in [0.2, 0.25) is 0 Å². The second-order valence-electron chi connectivity index (χ2n) is 5.17. The Hall–Kier alpha value is -2.94. The number of hydrogen-bond donors (Lipinski definition) is 0. The zero-order chi connectivity index (χ0) is 15.5. The zero-order valence-electron chi connectivity index (χ0n) is 12.2. The highest BCUT2D eigenvalue weighted by atomic mass is 16.6. The summed E-state index contributed by atoms with van der Waals surface area (Å²) < 4.78 is 0. The van der Waals surface area contributed by atoms with Crippen molar-refractivity contribution in [2.24, 2.45) is 0 Å². The zero-order valence-corrected chi connectivity index (χ0v) is 12.2. The Kier molecular flexibility index (Phi) is 3.71. The molecule has 3 aromatic carbocycles. The minimum Gasteiger partial charge on any atom is -0.258 e. The van der Waals surface area contributed by atoms with Gasteiger partial charge in [0.1, 0.15) is 0 Å². The van der Waals surface area contributed by atoms with Gasteiger partial charge < -0.3 is 0 Å². The number of nitro groups is 1. The Morgan fingerprint density at radius 1 is 0.727 bits per heavy atom. The maximum atomic E-state index is 11.3. The highest BCUT2D eigenvalue weighted by Gasteiger charge is 2.17. The predicted molar refractivity (Wildman–Crippen MR) is 88.7 cm³/mol. The van der Waals surface area contributed by atoms with Crippen LogP contribution < -0.4 is 0 Å². The number of hydrogen-bond acceptors (Lipinski definition) is 2. The average molecular weight is 289 g/mol. The number of nitrogens with zero attached hydrogens (tertiary/aromatic N) is 1. The van der Waals surface area contributed by atoms with Crippen LogP contribution in [0.3, 0.4) is 0 Å². The normalized spacial score (nSPS) is 10.4. The van der Waals surface area contributed by atoms with Crippen LogP contribution in [0.4, 0.5) is 5.69 Å². The van der Waals surface area contributed by atoms with Gasteiger partial charge >= 0.3 is 0 Å². The van der Waals surface area contributed by atoms with Crippen molar-refractivity contribution in [3.63, 3.8) is 0 Å². The third-order valence-corrected chi connectivity index (χ3v) is 3.72. The molecular weight excluding hydrogens is 274 g/mol. The van der Waals surface area contributed by atoms with E-state index in [4.69, 9.17) is 0 Å². The molecule has 0 saturated carbocycles. The van der Waals surface area contributed by atoms with Crippen molar-refractivity contribution in [3.8, 4) is 22.3 Å². The summed E-state index contributed by atoms with van der Waals surface area (Å²) in [6.07, 6.45) is 0. The molecule has 0 heterocycles. The maximum absolute atomic E-state index is 11.3. The summed E-state index contributed by atoms with van der Waals surface area (Å²) in [7, 11) is 0. The van der Waals surface area contributed by atoms with Gasteiger partial charge in [0.25, 0.3) is 5.69 Å². The summed E-state index contributed by atoms with van der Waals surface area (Å²) >= 11 is 0. The van der Waals surface area contributed by atoms with Gasteiger partial charge in [-0.15, -0.1) is 0 Å². The quantitative estimate of drug-likeness (QED) is 0.489. The van der Waals surface area contributed by atoms with Crippen molar-refractivity contribution in [1.29, 1.82) is 0 Å². The molecule has 0 spiro atoms. The van der Waals surface area contributed by atoms with Crippen molar-refractivity contribution >= 4 is 5.69 Å². The summed E-state index contributed by atoms with van der Waals surface area (Å²) in [6.45, 7) is 1.76. The molecule has 0 bridgehead atoms. The van der Waals surface area contributed by atoms with Crippen molar-refractivity contribution < 1.29 is 4.92 Å². The molecule has 0 aliphatic rings. The summed E-state index contributed by atoms with van der Waals surface area (Å²) in [5, 5.41) is 11.3. The van der Waals surface area contributed by atoms with Gasteiger partial charge in [-0.05, 0) is 29.7 Å². The monoisotopic (exact) mass is 289 g/mol. The standard InChI is InChI=1S/C19H15NO2/c1-14-6-5-9-18(19(14)20(21)22)17-12-10-16(11-13-17)15-7-3-2-4-8-15/h2-13H,1H3. The molecule has 3 nitrogen and oxygen atoms in total. The fourth-order valence-electron chi connectivity index (χ4n) is 2.61. The minimum absolute atomic E-state index is 0.176. The Bertz CT molecular complexity index is 809. The van der Waals surface area contributed by atoms with Crippen LogP contribution >= 0.6 is 0 Å². The third kappa shape index (κ3) is 2.61. The molecular formula is C19H15NO2. The van der Waals surface area contributed by atoms with E-state index in [-0.39, 0.29) is 10.6 Å². The van der Waals surface area contributed by atoms with E-state index in [1.165, 1.54) is 0 Å². The first-order valence-electron chi connectivity index (χ1n) is 7.06. The number of para-hydroxylation sites is 1. The highest BCUT2D eigenvalue weighted by molar-refractivity contribution is 5.77. The molecule has 22 heavy (non-hydrogen) atoms. The molecule has 0 saturated heterocycles. The minimum atomic E-state index is -0.310. The molecule has 108 valence electrons. The molecule has 0 fully saturated rings. The second-order valence-corrected chi connectivity index (χ2v) is 5.17. The Labute approximate surface area is 129 Å². The van der Waals surface area contributed by atoms with Gasteiger partial charge in [-0.2, -0.15) is 0 Å². The van der Waals surface area contributed by atoms with E-state index in [0.717, 1.165) is 16.7 Å². The van der Waals surface area contributed by atoms with Crippen molar-refractivity contribution in [1.82, 2.24) is 0 Å². The van der Waals surface area contributed by atoms with Crippen molar-refractivity contribution in [3.05, 3.63) is 88.5 Å². The lowest BCUT2D eigenvalue weighted by atomic mass is 9.98. The Balaban J connectivity index is 2.04. The summed E-state index contributed by atoms with van der Waals surface area (Å²) in [5.74, 6) is 0. The lowest BCUT2D eigenvalue weighted by Crippen LogP contribution is -1.95. The van der Waals surface area contributed by atoms with Crippen LogP contribution in [-0.4, -0.2) is 4.92 Å². The number of aryl methyl sites for hydroxylation is 1. The number of benzene rings is 3. The van der Waals surface area contributed by atoms with Gasteiger partial charge in [-0.25, -0.2) is 0 Å². The van der Waals surface area contributed by atoms with Gasteiger partial charge in [0.15, 0.2) is 0 Å².